The molecule has 2 atom stereocenters. The summed E-state index contributed by atoms with van der Waals surface area (Å²) in [5, 5.41) is 11.5. The summed E-state index contributed by atoms with van der Waals surface area (Å²) in [6.45, 7) is -0.353. The van der Waals surface area contributed by atoms with Gasteiger partial charge in [-0.05, 0) is 42.3 Å². The van der Waals surface area contributed by atoms with Crippen LogP contribution in [0.2, 0.25) is 0 Å². The van der Waals surface area contributed by atoms with E-state index < -0.39 is 95.7 Å². The lowest BCUT2D eigenvalue weighted by Crippen LogP contribution is -2.86. The van der Waals surface area contributed by atoms with Gasteiger partial charge < -0.3 is 9.47 Å². The molecule has 0 aliphatic heterocycles. The van der Waals surface area contributed by atoms with Gasteiger partial charge in [0.25, 0.3) is 15.8 Å². The third kappa shape index (κ3) is 4.85. The summed E-state index contributed by atoms with van der Waals surface area (Å²) in [5.74, 6) is -19.3. The summed E-state index contributed by atoms with van der Waals surface area (Å²) < 4.78 is 217. The van der Waals surface area contributed by atoms with Crippen molar-refractivity contribution in [2.75, 3.05) is 7.11 Å². The highest BCUT2D eigenvalue weighted by Gasteiger charge is 2.99. The third-order valence-electron chi connectivity index (χ3n) is 6.50. The van der Waals surface area contributed by atoms with E-state index in [1.165, 1.54) is 0 Å². The average Bonchev–Trinajstić information content (AvgIpc) is 2.85. The first-order chi connectivity index (χ1) is 19.3. The van der Waals surface area contributed by atoms with Crippen molar-refractivity contribution in [1.29, 1.82) is 0 Å². The van der Waals surface area contributed by atoms with Gasteiger partial charge in [-0.3, -0.25) is 4.55 Å². The van der Waals surface area contributed by atoms with Crippen LogP contribution in [-0.4, -0.2) is 61.1 Å². The van der Waals surface area contributed by atoms with Gasteiger partial charge in [0.15, 0.2) is 0 Å². The van der Waals surface area contributed by atoms with Gasteiger partial charge in [-0.25, -0.2) is 9.65 Å². The molecule has 0 aromatic heterocycles. The van der Waals surface area contributed by atoms with Crippen molar-refractivity contribution in [3.05, 3.63) is 47.5 Å². The smallest absolute Gasteiger partial charge is 0.411 e. The molecule has 0 heterocycles. The van der Waals surface area contributed by atoms with E-state index in [1.54, 1.807) is 0 Å². The zero-order chi connectivity index (χ0) is 33.2. The quantitative estimate of drug-likeness (QED) is 0.0964. The van der Waals surface area contributed by atoms with Gasteiger partial charge in [-0.1, -0.05) is 17.2 Å². The van der Waals surface area contributed by atoms with Crippen molar-refractivity contribution in [2.45, 2.75) is 57.9 Å². The van der Waals surface area contributed by atoms with Crippen molar-refractivity contribution in [1.82, 2.24) is 0 Å². The molecule has 0 radical (unpaired) electrons. The second-order valence-electron chi connectivity index (χ2n) is 8.82. The SMILES string of the molecule is COc1ccc(C(c2ccc(OC3(F)C(C)(F)C(F)(F)C3(F)F)c(SOOO)c2)(C(F)(F)F)C(F)(F)F)cc1S(=O)(=O)O. The second-order valence-corrected chi connectivity index (χ2v) is 11.0. The molecule has 22 heteroatoms. The van der Waals surface area contributed by atoms with Gasteiger partial charge >= 0.3 is 30.1 Å². The Balaban J connectivity index is 2.37. The Labute approximate surface area is 236 Å². The molecule has 1 aliphatic rings. The lowest BCUT2D eigenvalue weighted by Gasteiger charge is -2.55. The minimum atomic E-state index is -6.46. The minimum Gasteiger partial charge on any atom is -0.495 e. The van der Waals surface area contributed by atoms with E-state index in [9.17, 15) is 65.7 Å². The first-order valence-corrected chi connectivity index (χ1v) is 12.9. The first-order valence-electron chi connectivity index (χ1n) is 10.7. The van der Waals surface area contributed by atoms with Crippen LogP contribution in [0.25, 0.3) is 0 Å². The van der Waals surface area contributed by atoms with Crippen LogP contribution in [0.1, 0.15) is 18.1 Å². The fraction of sp³-hybridized carbons (Fsp3) is 0.429. The molecule has 0 saturated heterocycles. The summed E-state index contributed by atoms with van der Waals surface area (Å²) in [7, 11) is -4.77. The van der Waals surface area contributed by atoms with E-state index in [1.807, 2.05) is 0 Å². The molecule has 1 fully saturated rings. The molecule has 43 heavy (non-hydrogen) atoms. The normalized spacial score (nSPS) is 23.9. The number of halogens is 12. The van der Waals surface area contributed by atoms with Crippen molar-refractivity contribution >= 4 is 22.2 Å². The molecule has 2 unspecified atom stereocenters. The van der Waals surface area contributed by atoms with Gasteiger partial charge in [0.05, 0.1) is 24.0 Å². The Morgan fingerprint density at radius 2 is 1.30 bits per heavy atom. The Kier molecular flexibility index (Phi) is 8.47. The van der Waals surface area contributed by atoms with Crippen molar-refractivity contribution in [2.24, 2.45) is 0 Å². The van der Waals surface area contributed by atoms with E-state index in [2.05, 4.69) is 18.8 Å². The third-order valence-corrected chi connectivity index (χ3v) is 8.00. The highest BCUT2D eigenvalue weighted by molar-refractivity contribution is 7.94. The number of hydrogen-bond acceptors (Lipinski definition) is 8. The maximum atomic E-state index is 14.9. The molecular weight excluding hydrogens is 672 g/mol. The van der Waals surface area contributed by atoms with E-state index in [0.717, 1.165) is 7.11 Å². The predicted octanol–water partition coefficient (Wildman–Crippen LogP) is 6.84. The van der Waals surface area contributed by atoms with Crippen LogP contribution in [0, 0.1) is 0 Å². The fourth-order valence-corrected chi connectivity index (χ4v) is 5.43. The molecular formula is C21H14F12O8S2. The molecule has 0 amide bonds. The average molecular weight is 686 g/mol. The zero-order valence-corrected chi connectivity index (χ0v) is 22.3. The number of hydrogen-bond donors (Lipinski definition) is 2. The van der Waals surface area contributed by atoms with Crippen LogP contribution in [0.5, 0.6) is 11.5 Å². The van der Waals surface area contributed by atoms with Gasteiger partial charge in [0, 0.05) is 0 Å². The molecule has 2 aromatic carbocycles. The molecule has 0 bridgehead atoms. The van der Waals surface area contributed by atoms with Crippen molar-refractivity contribution in [3.63, 3.8) is 0 Å². The summed E-state index contributed by atoms with van der Waals surface area (Å²) in [6, 6.07) is -0.254. The topological polar surface area (TPSA) is 112 Å². The fourth-order valence-electron chi connectivity index (χ4n) is 4.28. The van der Waals surface area contributed by atoms with Crippen LogP contribution >= 0.6 is 12.0 Å². The van der Waals surface area contributed by atoms with Crippen molar-refractivity contribution < 1.29 is 89.8 Å². The first kappa shape index (κ1) is 34.8. The summed E-state index contributed by atoms with van der Waals surface area (Å²) >= 11 is -0.627. The highest BCUT2D eigenvalue weighted by Crippen LogP contribution is 2.68. The number of methoxy groups -OCH3 is 1. The van der Waals surface area contributed by atoms with Crippen LogP contribution in [-0.2, 0) is 24.9 Å². The number of rotatable bonds is 9. The van der Waals surface area contributed by atoms with E-state index in [0.29, 0.717) is 6.07 Å². The van der Waals surface area contributed by atoms with E-state index in [4.69, 9.17) is 5.26 Å². The Hall–Kier alpha value is -2.66. The van der Waals surface area contributed by atoms with E-state index >= 15 is 0 Å². The number of benzene rings is 2. The van der Waals surface area contributed by atoms with Crippen LogP contribution in [0.3, 0.4) is 0 Å². The molecule has 1 aliphatic carbocycles. The van der Waals surface area contributed by atoms with Crippen LogP contribution < -0.4 is 9.47 Å². The summed E-state index contributed by atoms with van der Waals surface area (Å²) in [6.07, 6.45) is -12.9. The molecule has 242 valence electrons. The van der Waals surface area contributed by atoms with Crippen molar-refractivity contribution in [3.8, 4) is 11.5 Å². The standard InChI is InChI=1S/C21H14F12O8S2/c1-15(22)17(23,24)18(25,26)19(15,27)39-11-5-3-9(7-13(11)42-41-40-34)16(20(28,29)30,21(31,32)33)10-4-6-12(38-2)14(8-10)43(35,36)37/h3-8,34H,1-2H3,(H,35,36,37). The van der Waals surface area contributed by atoms with Crippen LogP contribution in [0.15, 0.2) is 46.2 Å². The van der Waals surface area contributed by atoms with Gasteiger partial charge in [0.1, 0.15) is 16.4 Å². The van der Waals surface area contributed by atoms with Gasteiger partial charge in [-0.2, -0.15) is 56.7 Å². The lowest BCUT2D eigenvalue weighted by atomic mass is 9.69. The lowest BCUT2D eigenvalue weighted by molar-refractivity contribution is -0.480. The molecule has 2 aromatic rings. The Bertz CT molecular complexity index is 1460. The molecule has 2 N–H and O–H groups in total. The highest BCUT2D eigenvalue weighted by atomic mass is 32.2. The maximum absolute atomic E-state index is 14.9. The number of ether oxygens (including phenoxy) is 2. The molecule has 3 rings (SSSR count). The summed E-state index contributed by atoms with van der Waals surface area (Å²) in [4.78, 5) is -2.96. The van der Waals surface area contributed by atoms with Gasteiger partial charge in [0.2, 0.25) is 5.41 Å². The molecule has 8 nitrogen and oxygen atoms in total. The number of alkyl halides is 12. The maximum Gasteiger partial charge on any atom is 0.411 e. The monoisotopic (exact) mass is 686 g/mol. The van der Waals surface area contributed by atoms with E-state index in [-0.39, 0.29) is 37.3 Å². The van der Waals surface area contributed by atoms with Gasteiger partial charge in [-0.15, -0.1) is 4.33 Å². The molecule has 0 spiro atoms. The van der Waals surface area contributed by atoms with Crippen LogP contribution in [0.4, 0.5) is 52.7 Å². The minimum absolute atomic E-state index is 0.0815. The predicted molar refractivity (Wildman–Crippen MR) is 117 cm³/mol. The molecule has 1 saturated carbocycles. The summed E-state index contributed by atoms with van der Waals surface area (Å²) in [5.41, 5.74) is -13.9. The second kappa shape index (κ2) is 10.5. The Morgan fingerprint density at radius 3 is 1.72 bits per heavy atom. The largest absolute Gasteiger partial charge is 0.495 e. The zero-order valence-electron chi connectivity index (χ0n) is 20.7. The Morgan fingerprint density at radius 1 is 0.814 bits per heavy atom.